The van der Waals surface area contributed by atoms with E-state index in [2.05, 4.69) is 10.3 Å². The number of ether oxygens (including phenoxy) is 1. The number of carbonyl (C=O) groups is 1. The summed E-state index contributed by atoms with van der Waals surface area (Å²) in [6, 6.07) is 13.7. The second-order valence-electron chi connectivity index (χ2n) is 6.18. The third-order valence-corrected chi connectivity index (χ3v) is 5.87. The Labute approximate surface area is 158 Å². The van der Waals surface area contributed by atoms with E-state index in [1.54, 1.807) is 18.3 Å². The Morgan fingerprint density at radius 2 is 1.89 bits per heavy atom. The van der Waals surface area contributed by atoms with Gasteiger partial charge >= 0.3 is 0 Å². The van der Waals surface area contributed by atoms with Gasteiger partial charge in [0, 0.05) is 18.0 Å². The number of nitrogens with one attached hydrogen (secondary N) is 1. The molecular weight excluding hydrogens is 364 g/mol. The van der Waals surface area contributed by atoms with Crippen molar-refractivity contribution in [2.45, 2.75) is 18.2 Å². The molecule has 27 heavy (non-hydrogen) atoms. The van der Waals surface area contributed by atoms with Crippen LogP contribution in [0.1, 0.15) is 12.0 Å². The molecule has 2 aromatic carbocycles. The molecule has 0 saturated heterocycles. The molecule has 0 spiro atoms. The summed E-state index contributed by atoms with van der Waals surface area (Å²) in [4.78, 5) is 16.8. The maximum atomic E-state index is 12.4. The van der Waals surface area contributed by atoms with E-state index >= 15 is 0 Å². The molecule has 3 rings (SSSR count). The van der Waals surface area contributed by atoms with Crippen molar-refractivity contribution >= 4 is 32.3 Å². The van der Waals surface area contributed by atoms with Crippen molar-refractivity contribution in [2.24, 2.45) is 0 Å². The minimum Gasteiger partial charge on any atom is -0.497 e. The maximum absolute atomic E-state index is 12.4. The van der Waals surface area contributed by atoms with Crippen LogP contribution < -0.4 is 10.1 Å². The number of aromatic nitrogens is 1. The molecule has 3 aromatic rings. The molecule has 0 unspecified atom stereocenters. The summed E-state index contributed by atoms with van der Waals surface area (Å²) in [7, 11) is -2.04. The number of fused-ring (bicyclic) bond motifs is 1. The van der Waals surface area contributed by atoms with Crippen LogP contribution >= 0.6 is 0 Å². The normalized spacial score (nSPS) is 11.3. The van der Waals surface area contributed by atoms with Crippen LogP contribution in [0, 0.1) is 6.92 Å². The highest BCUT2D eigenvalue weighted by Crippen LogP contribution is 2.23. The van der Waals surface area contributed by atoms with Crippen LogP contribution in [-0.2, 0) is 14.6 Å². The van der Waals surface area contributed by atoms with E-state index in [9.17, 15) is 13.2 Å². The third-order valence-electron chi connectivity index (χ3n) is 4.14. The monoisotopic (exact) mass is 384 g/mol. The molecule has 0 aliphatic heterocycles. The molecule has 0 aliphatic carbocycles. The lowest BCUT2D eigenvalue weighted by Gasteiger charge is -2.10. The van der Waals surface area contributed by atoms with Crippen molar-refractivity contribution in [3.05, 3.63) is 60.3 Å². The van der Waals surface area contributed by atoms with Crippen LogP contribution in [-0.4, -0.2) is 32.2 Å². The van der Waals surface area contributed by atoms with Gasteiger partial charge in [-0.05, 0) is 55.0 Å². The second kappa shape index (κ2) is 7.75. The van der Waals surface area contributed by atoms with Gasteiger partial charge in [0.1, 0.15) is 5.75 Å². The average molecular weight is 384 g/mol. The first kappa shape index (κ1) is 18.8. The minimum absolute atomic E-state index is 0.142. The number of pyridine rings is 1. The van der Waals surface area contributed by atoms with Crippen LogP contribution in [0.25, 0.3) is 10.9 Å². The Bertz CT molecular complexity index is 1080. The fourth-order valence-corrected chi connectivity index (χ4v) is 4.02. The summed E-state index contributed by atoms with van der Waals surface area (Å²) in [5.74, 6) is -0.0716. The molecule has 140 valence electrons. The third kappa shape index (κ3) is 4.43. The molecule has 0 radical (unpaired) electrons. The number of rotatable bonds is 6. The Kier molecular flexibility index (Phi) is 5.41. The topological polar surface area (TPSA) is 85.4 Å². The maximum Gasteiger partial charge on any atom is 0.225 e. The molecule has 0 bridgehead atoms. The lowest BCUT2D eigenvalue weighted by molar-refractivity contribution is -0.115. The van der Waals surface area contributed by atoms with E-state index in [0.29, 0.717) is 17.0 Å². The molecule has 0 fully saturated rings. The van der Waals surface area contributed by atoms with E-state index in [1.807, 2.05) is 31.2 Å². The van der Waals surface area contributed by atoms with Crippen LogP contribution in [0.2, 0.25) is 0 Å². The first-order chi connectivity index (χ1) is 12.9. The lowest BCUT2D eigenvalue weighted by Crippen LogP contribution is -2.17. The number of hydrogen-bond acceptors (Lipinski definition) is 5. The fraction of sp³-hybridized carbons (Fsp3) is 0.200. The molecule has 1 aromatic heterocycles. The Morgan fingerprint density at radius 3 is 2.59 bits per heavy atom. The summed E-state index contributed by atoms with van der Waals surface area (Å²) in [6.45, 7) is 1.93. The highest BCUT2D eigenvalue weighted by atomic mass is 32.2. The van der Waals surface area contributed by atoms with Gasteiger partial charge in [-0.25, -0.2) is 8.42 Å². The Morgan fingerprint density at radius 1 is 1.15 bits per heavy atom. The van der Waals surface area contributed by atoms with Crippen molar-refractivity contribution in [3.8, 4) is 5.75 Å². The Balaban J connectivity index is 1.71. The first-order valence-electron chi connectivity index (χ1n) is 8.41. The fourth-order valence-electron chi connectivity index (χ4n) is 2.78. The number of methoxy groups -OCH3 is 1. The zero-order chi connectivity index (χ0) is 19.4. The number of amides is 1. The van der Waals surface area contributed by atoms with E-state index in [0.717, 1.165) is 10.9 Å². The van der Waals surface area contributed by atoms with Gasteiger partial charge in [-0.1, -0.05) is 6.07 Å². The van der Waals surface area contributed by atoms with Gasteiger partial charge in [-0.3, -0.25) is 9.78 Å². The number of aryl methyl sites for hydroxylation is 1. The van der Waals surface area contributed by atoms with Gasteiger partial charge in [0.15, 0.2) is 9.84 Å². The molecule has 0 aliphatic rings. The van der Waals surface area contributed by atoms with Crippen molar-refractivity contribution in [1.29, 1.82) is 0 Å². The standard InChI is InChI=1S/C20H20N2O4S/c1-14-12-15-4-3-10-21-20(15)18(13-14)22-19(23)9-11-27(24,25)17-7-5-16(26-2)6-8-17/h3-8,10,12-13H,9,11H2,1-2H3,(H,22,23). The highest BCUT2D eigenvalue weighted by molar-refractivity contribution is 7.91. The largest absolute Gasteiger partial charge is 0.497 e. The first-order valence-corrected chi connectivity index (χ1v) is 10.1. The molecule has 1 heterocycles. The highest BCUT2D eigenvalue weighted by Gasteiger charge is 2.17. The van der Waals surface area contributed by atoms with Crippen LogP contribution in [0.5, 0.6) is 5.75 Å². The number of nitrogens with zero attached hydrogens (tertiary/aromatic N) is 1. The average Bonchev–Trinajstić information content (AvgIpc) is 2.66. The molecule has 1 amide bonds. The van der Waals surface area contributed by atoms with Gasteiger partial charge in [-0.2, -0.15) is 0 Å². The smallest absolute Gasteiger partial charge is 0.225 e. The lowest BCUT2D eigenvalue weighted by atomic mass is 10.1. The van der Waals surface area contributed by atoms with Crippen molar-refractivity contribution in [1.82, 2.24) is 4.98 Å². The molecule has 0 saturated carbocycles. The second-order valence-corrected chi connectivity index (χ2v) is 8.29. The number of hydrogen-bond donors (Lipinski definition) is 1. The molecule has 7 heteroatoms. The quantitative estimate of drug-likeness (QED) is 0.704. The number of sulfone groups is 1. The minimum atomic E-state index is -3.56. The molecule has 6 nitrogen and oxygen atoms in total. The number of carbonyl (C=O) groups excluding carboxylic acids is 1. The van der Waals surface area contributed by atoms with E-state index in [4.69, 9.17) is 4.74 Å². The summed E-state index contributed by atoms with van der Waals surface area (Å²) in [6.07, 6.45) is 1.51. The number of anilines is 1. The summed E-state index contributed by atoms with van der Waals surface area (Å²) >= 11 is 0. The zero-order valence-corrected chi connectivity index (χ0v) is 15.9. The molecular formula is C20H20N2O4S. The van der Waals surface area contributed by atoms with Crippen molar-refractivity contribution in [3.63, 3.8) is 0 Å². The molecule has 1 N–H and O–H groups in total. The molecule has 0 atom stereocenters. The van der Waals surface area contributed by atoms with E-state index in [-0.39, 0.29) is 23.0 Å². The van der Waals surface area contributed by atoms with Crippen LogP contribution in [0.15, 0.2) is 59.6 Å². The van der Waals surface area contributed by atoms with Crippen molar-refractivity contribution < 1.29 is 17.9 Å². The van der Waals surface area contributed by atoms with Gasteiger partial charge in [0.05, 0.1) is 29.0 Å². The van der Waals surface area contributed by atoms with Gasteiger partial charge < -0.3 is 10.1 Å². The Hall–Kier alpha value is -2.93. The number of benzene rings is 2. The van der Waals surface area contributed by atoms with Crippen LogP contribution in [0.3, 0.4) is 0 Å². The zero-order valence-electron chi connectivity index (χ0n) is 15.1. The van der Waals surface area contributed by atoms with Crippen LogP contribution in [0.4, 0.5) is 5.69 Å². The van der Waals surface area contributed by atoms with Crippen molar-refractivity contribution in [2.75, 3.05) is 18.2 Å². The predicted octanol–water partition coefficient (Wildman–Crippen LogP) is 3.35. The predicted molar refractivity (Wildman–Crippen MR) is 105 cm³/mol. The van der Waals surface area contributed by atoms with Gasteiger partial charge in [-0.15, -0.1) is 0 Å². The summed E-state index contributed by atoms with van der Waals surface area (Å²) < 4.78 is 29.9. The summed E-state index contributed by atoms with van der Waals surface area (Å²) in [5, 5.41) is 3.70. The van der Waals surface area contributed by atoms with Gasteiger partial charge in [0.2, 0.25) is 5.91 Å². The summed E-state index contributed by atoms with van der Waals surface area (Å²) in [5.41, 5.74) is 2.24. The van der Waals surface area contributed by atoms with E-state index in [1.165, 1.54) is 19.2 Å². The SMILES string of the molecule is COc1ccc(S(=O)(=O)CCC(=O)Nc2cc(C)cc3cccnc23)cc1. The van der Waals surface area contributed by atoms with Gasteiger partial charge in [0.25, 0.3) is 0 Å². The van der Waals surface area contributed by atoms with E-state index < -0.39 is 9.84 Å².